The molecule has 0 saturated carbocycles. The van der Waals surface area contributed by atoms with Crippen LogP contribution in [0.4, 0.5) is 4.39 Å². The highest BCUT2D eigenvalue weighted by Crippen LogP contribution is 2.25. The number of hydrogen-bond donors (Lipinski definition) is 0. The van der Waals surface area contributed by atoms with Crippen molar-refractivity contribution in [2.75, 3.05) is 0 Å². The van der Waals surface area contributed by atoms with Crippen LogP contribution in [-0.4, -0.2) is 4.98 Å². The summed E-state index contributed by atoms with van der Waals surface area (Å²) in [5.74, 6) is -0.284. The number of halogens is 3. The minimum atomic E-state index is -0.284. The molecule has 78 valence electrons. The van der Waals surface area contributed by atoms with Crippen LogP contribution in [0.5, 0.6) is 0 Å². The van der Waals surface area contributed by atoms with Crippen LogP contribution in [0.15, 0.2) is 22.7 Å². The highest BCUT2D eigenvalue weighted by molar-refractivity contribution is 9.10. The number of aryl methyl sites for hydroxylation is 1. The molecule has 0 bridgehead atoms. The fraction of sp³-hybridized carbons (Fsp3) is 0.182. The summed E-state index contributed by atoms with van der Waals surface area (Å²) in [6, 6.07) is 4.97. The Kier molecular flexibility index (Phi) is 2.94. The molecule has 1 aromatic heterocycles. The first-order valence-corrected chi connectivity index (χ1v) is 5.73. The number of benzene rings is 1. The molecule has 4 heteroatoms. The molecule has 0 fully saturated rings. The third-order valence-electron chi connectivity index (χ3n) is 2.26. The second-order valence-electron chi connectivity index (χ2n) is 3.25. The maximum atomic E-state index is 13.3. The van der Waals surface area contributed by atoms with Crippen molar-refractivity contribution in [1.82, 2.24) is 4.98 Å². The quantitative estimate of drug-likeness (QED) is 0.711. The molecule has 1 aromatic carbocycles. The minimum Gasteiger partial charge on any atom is -0.236 e. The van der Waals surface area contributed by atoms with Gasteiger partial charge in [-0.25, -0.2) is 9.37 Å². The van der Waals surface area contributed by atoms with E-state index in [1.165, 1.54) is 6.07 Å². The van der Waals surface area contributed by atoms with Crippen molar-refractivity contribution < 1.29 is 4.39 Å². The van der Waals surface area contributed by atoms with E-state index in [9.17, 15) is 4.39 Å². The number of aromatic nitrogens is 1. The highest BCUT2D eigenvalue weighted by atomic mass is 79.9. The van der Waals surface area contributed by atoms with Gasteiger partial charge in [-0.15, -0.1) is 0 Å². The molecule has 0 radical (unpaired) electrons. The van der Waals surface area contributed by atoms with Gasteiger partial charge in [0.2, 0.25) is 0 Å². The van der Waals surface area contributed by atoms with Crippen LogP contribution >= 0.6 is 27.5 Å². The minimum absolute atomic E-state index is 0.284. The van der Waals surface area contributed by atoms with E-state index in [1.807, 2.05) is 13.0 Å². The summed E-state index contributed by atoms with van der Waals surface area (Å²) in [6.45, 7) is 1.99. The zero-order chi connectivity index (χ0) is 11.0. The largest absolute Gasteiger partial charge is 0.236 e. The van der Waals surface area contributed by atoms with Gasteiger partial charge in [0.1, 0.15) is 11.0 Å². The highest BCUT2D eigenvalue weighted by Gasteiger charge is 2.06. The van der Waals surface area contributed by atoms with Crippen molar-refractivity contribution in [2.24, 2.45) is 0 Å². The molecular formula is C11H8BrClFN. The third-order valence-corrected chi connectivity index (χ3v) is 3.20. The van der Waals surface area contributed by atoms with E-state index in [1.54, 1.807) is 6.07 Å². The lowest BCUT2D eigenvalue weighted by Crippen LogP contribution is -1.89. The first-order valence-electron chi connectivity index (χ1n) is 4.56. The Bertz CT molecular complexity index is 527. The summed E-state index contributed by atoms with van der Waals surface area (Å²) in [5, 5.41) is 1.26. The Hall–Kier alpha value is -0.670. The summed E-state index contributed by atoms with van der Waals surface area (Å²) in [4.78, 5) is 4.22. The maximum absolute atomic E-state index is 13.3. The topological polar surface area (TPSA) is 12.9 Å². The molecule has 2 rings (SSSR count). The van der Waals surface area contributed by atoms with Gasteiger partial charge in [0, 0.05) is 5.39 Å². The predicted molar refractivity (Wildman–Crippen MR) is 63.8 cm³/mol. The number of fused-ring (bicyclic) bond motifs is 1. The number of pyridine rings is 1. The zero-order valence-electron chi connectivity index (χ0n) is 8.02. The van der Waals surface area contributed by atoms with Crippen LogP contribution in [0.2, 0.25) is 5.15 Å². The molecule has 0 spiro atoms. The van der Waals surface area contributed by atoms with Crippen LogP contribution in [0, 0.1) is 5.82 Å². The van der Waals surface area contributed by atoms with Gasteiger partial charge in [-0.05, 0) is 46.1 Å². The normalized spacial score (nSPS) is 10.9. The maximum Gasteiger partial charge on any atom is 0.138 e. The molecular weight excluding hydrogens is 280 g/mol. The van der Waals surface area contributed by atoms with E-state index in [-0.39, 0.29) is 5.82 Å². The lowest BCUT2D eigenvalue weighted by molar-refractivity contribution is 0.623. The SMILES string of the molecule is CCc1cc2cc(F)c(Br)cc2nc1Cl. The second kappa shape index (κ2) is 4.06. The molecule has 2 aromatic rings. The van der Waals surface area contributed by atoms with Gasteiger partial charge in [0.25, 0.3) is 0 Å². The van der Waals surface area contributed by atoms with Gasteiger partial charge < -0.3 is 0 Å². The molecule has 0 amide bonds. The fourth-order valence-corrected chi connectivity index (χ4v) is 2.05. The Morgan fingerprint density at radius 1 is 1.40 bits per heavy atom. The van der Waals surface area contributed by atoms with E-state index >= 15 is 0 Å². The van der Waals surface area contributed by atoms with Gasteiger partial charge in [-0.1, -0.05) is 18.5 Å². The number of hydrogen-bond acceptors (Lipinski definition) is 1. The molecule has 0 aliphatic carbocycles. The summed E-state index contributed by atoms with van der Waals surface area (Å²) in [7, 11) is 0. The summed E-state index contributed by atoms with van der Waals surface area (Å²) >= 11 is 9.09. The molecule has 0 unspecified atom stereocenters. The molecule has 0 atom stereocenters. The average molecular weight is 289 g/mol. The van der Waals surface area contributed by atoms with Gasteiger partial charge in [0.05, 0.1) is 9.99 Å². The van der Waals surface area contributed by atoms with E-state index in [0.717, 1.165) is 17.4 Å². The average Bonchev–Trinajstić information content (AvgIpc) is 2.20. The van der Waals surface area contributed by atoms with Crippen molar-refractivity contribution in [3.8, 4) is 0 Å². The molecule has 0 aliphatic heterocycles. The fourth-order valence-electron chi connectivity index (χ4n) is 1.44. The van der Waals surface area contributed by atoms with Crippen molar-refractivity contribution in [3.63, 3.8) is 0 Å². The van der Waals surface area contributed by atoms with Crippen LogP contribution in [0.25, 0.3) is 10.9 Å². The van der Waals surface area contributed by atoms with E-state index < -0.39 is 0 Å². The second-order valence-corrected chi connectivity index (χ2v) is 4.46. The lowest BCUT2D eigenvalue weighted by atomic mass is 10.1. The number of rotatable bonds is 1. The molecule has 15 heavy (non-hydrogen) atoms. The first kappa shape index (κ1) is 10.8. The van der Waals surface area contributed by atoms with Crippen molar-refractivity contribution in [3.05, 3.63) is 39.2 Å². The summed E-state index contributed by atoms with van der Waals surface area (Å²) in [5.41, 5.74) is 1.64. The Balaban J connectivity index is 2.76. The molecule has 0 saturated heterocycles. The van der Waals surface area contributed by atoms with Crippen LogP contribution < -0.4 is 0 Å². The molecule has 0 aliphatic rings. The van der Waals surface area contributed by atoms with Crippen molar-refractivity contribution in [1.29, 1.82) is 0 Å². The number of nitrogens with zero attached hydrogens (tertiary/aromatic N) is 1. The van der Waals surface area contributed by atoms with Crippen molar-refractivity contribution >= 4 is 38.4 Å². The Morgan fingerprint density at radius 2 is 2.13 bits per heavy atom. The van der Waals surface area contributed by atoms with Gasteiger partial charge >= 0.3 is 0 Å². The Labute approximate surface area is 100 Å². The lowest BCUT2D eigenvalue weighted by Gasteiger charge is -2.04. The molecule has 1 nitrogen and oxygen atoms in total. The van der Waals surface area contributed by atoms with E-state index in [2.05, 4.69) is 20.9 Å². The first-order chi connectivity index (χ1) is 7.11. The van der Waals surface area contributed by atoms with Gasteiger partial charge in [0.15, 0.2) is 0 Å². The summed E-state index contributed by atoms with van der Waals surface area (Å²) < 4.78 is 13.7. The zero-order valence-corrected chi connectivity index (χ0v) is 10.4. The predicted octanol–water partition coefficient (Wildman–Crippen LogP) is 4.35. The van der Waals surface area contributed by atoms with E-state index in [0.29, 0.717) is 15.1 Å². The molecule has 1 heterocycles. The van der Waals surface area contributed by atoms with E-state index in [4.69, 9.17) is 11.6 Å². The van der Waals surface area contributed by atoms with Crippen LogP contribution in [0.1, 0.15) is 12.5 Å². The van der Waals surface area contributed by atoms with Gasteiger partial charge in [-0.2, -0.15) is 0 Å². The van der Waals surface area contributed by atoms with Gasteiger partial charge in [-0.3, -0.25) is 0 Å². The third kappa shape index (κ3) is 1.99. The monoisotopic (exact) mass is 287 g/mol. The smallest absolute Gasteiger partial charge is 0.138 e. The van der Waals surface area contributed by atoms with Crippen molar-refractivity contribution in [2.45, 2.75) is 13.3 Å². The standard InChI is InChI=1S/C11H8BrClFN/c1-2-6-3-7-4-9(14)8(12)5-10(7)15-11(6)13/h3-5H,2H2,1H3. The molecule has 0 N–H and O–H groups in total. The Morgan fingerprint density at radius 3 is 2.80 bits per heavy atom. The summed E-state index contributed by atoms with van der Waals surface area (Å²) in [6.07, 6.45) is 0.791. The van der Waals surface area contributed by atoms with Crippen LogP contribution in [-0.2, 0) is 6.42 Å². The van der Waals surface area contributed by atoms with Crippen LogP contribution in [0.3, 0.4) is 0 Å².